The molecule has 1 atom stereocenters. The Morgan fingerprint density at radius 2 is 1.64 bits per heavy atom. The maximum Gasteiger partial charge on any atom is 0.419 e. The minimum Gasteiger partial charge on any atom is -0.496 e. The fourth-order valence-corrected chi connectivity index (χ4v) is 6.14. The van der Waals surface area contributed by atoms with Crippen molar-refractivity contribution in [2.24, 2.45) is 0 Å². The molecule has 264 valence electrons. The Kier molecular flexibility index (Phi) is 10.8. The van der Waals surface area contributed by atoms with E-state index in [2.05, 4.69) is 4.90 Å². The summed E-state index contributed by atoms with van der Waals surface area (Å²) in [6.45, 7) is 10.2. The first kappa shape index (κ1) is 35.9. The summed E-state index contributed by atoms with van der Waals surface area (Å²) in [5.41, 5.74) is 3.36. The quantitative estimate of drug-likeness (QED) is 0.113. The fourth-order valence-electron chi connectivity index (χ4n) is 6.14. The summed E-state index contributed by atoms with van der Waals surface area (Å²) in [4.78, 5) is 55.0. The van der Waals surface area contributed by atoms with Gasteiger partial charge in [-0.15, -0.1) is 0 Å². The molecule has 1 fully saturated rings. The number of amides is 1. The van der Waals surface area contributed by atoms with Crippen LogP contribution in [0, 0.1) is 6.92 Å². The number of rotatable bonds is 8. The molecule has 0 N–H and O–H groups in total. The Bertz CT molecular complexity index is 1890. The molecule has 1 aliphatic rings. The maximum atomic E-state index is 13.4. The highest BCUT2D eigenvalue weighted by Gasteiger charge is 2.34. The van der Waals surface area contributed by atoms with E-state index < -0.39 is 35.8 Å². The number of aromatic nitrogens is 1. The lowest BCUT2D eigenvalue weighted by Gasteiger charge is -2.41. The molecule has 50 heavy (non-hydrogen) atoms. The van der Waals surface area contributed by atoms with Crippen LogP contribution in [0.15, 0.2) is 66.9 Å². The topological polar surface area (TPSA) is 126 Å². The normalized spacial score (nSPS) is 15.0. The van der Waals surface area contributed by atoms with Crippen LogP contribution in [0.2, 0.25) is 0 Å². The standard InChI is InChI=1S/C38H43N3O9/c1-24-19-32(46-6)30(28-15-16-41(34(24)28)37(45)50-38(3,4)5)21-39-17-18-40(36(44)48-23-26-11-9-8-10-12-26)22-31(39)27-13-14-29(35(43)47-7)33(20-27)49-25(2)42/h8-16,19-20,31H,17-18,21-23H2,1-7H3. The van der Waals surface area contributed by atoms with Crippen LogP contribution in [0.5, 0.6) is 11.5 Å². The lowest BCUT2D eigenvalue weighted by Crippen LogP contribution is -2.50. The molecule has 3 aromatic carbocycles. The minimum absolute atomic E-state index is 0.0512. The van der Waals surface area contributed by atoms with Gasteiger partial charge in [0.1, 0.15) is 29.3 Å². The highest BCUT2D eigenvalue weighted by Crippen LogP contribution is 2.37. The van der Waals surface area contributed by atoms with E-state index in [0.29, 0.717) is 36.5 Å². The Labute approximate surface area is 291 Å². The summed E-state index contributed by atoms with van der Waals surface area (Å²) in [7, 11) is 2.85. The zero-order valence-electron chi connectivity index (χ0n) is 29.5. The van der Waals surface area contributed by atoms with Crippen LogP contribution in [-0.4, -0.2) is 77.9 Å². The zero-order chi connectivity index (χ0) is 36.2. The molecule has 0 radical (unpaired) electrons. The van der Waals surface area contributed by atoms with Crippen molar-refractivity contribution in [2.45, 2.75) is 59.4 Å². The van der Waals surface area contributed by atoms with Gasteiger partial charge in [-0.3, -0.25) is 14.3 Å². The van der Waals surface area contributed by atoms with Gasteiger partial charge in [0.2, 0.25) is 0 Å². The van der Waals surface area contributed by atoms with Gasteiger partial charge in [-0.05, 0) is 68.7 Å². The number of fused-ring (bicyclic) bond motifs is 1. The lowest BCUT2D eigenvalue weighted by atomic mass is 9.98. The number of aryl methyl sites for hydroxylation is 1. The van der Waals surface area contributed by atoms with Crippen LogP contribution < -0.4 is 9.47 Å². The Hall–Kier alpha value is -5.36. The molecule has 4 aromatic rings. The highest BCUT2D eigenvalue weighted by atomic mass is 16.6. The molecule has 1 saturated heterocycles. The summed E-state index contributed by atoms with van der Waals surface area (Å²) in [5, 5.41) is 0.817. The molecule has 12 heteroatoms. The Morgan fingerprint density at radius 1 is 0.900 bits per heavy atom. The second-order valence-corrected chi connectivity index (χ2v) is 13.1. The van der Waals surface area contributed by atoms with Gasteiger partial charge in [0.25, 0.3) is 0 Å². The molecule has 5 rings (SSSR count). The van der Waals surface area contributed by atoms with Gasteiger partial charge in [-0.2, -0.15) is 0 Å². The van der Waals surface area contributed by atoms with Gasteiger partial charge >= 0.3 is 24.1 Å². The first-order chi connectivity index (χ1) is 23.8. The van der Waals surface area contributed by atoms with Crippen molar-refractivity contribution in [3.05, 3.63) is 94.7 Å². The molecule has 12 nitrogen and oxygen atoms in total. The summed E-state index contributed by atoms with van der Waals surface area (Å²) >= 11 is 0. The molecule has 1 amide bonds. The predicted molar refractivity (Wildman–Crippen MR) is 185 cm³/mol. The average Bonchev–Trinajstić information content (AvgIpc) is 3.54. The van der Waals surface area contributed by atoms with Crippen molar-refractivity contribution in [1.82, 2.24) is 14.4 Å². The molecule has 1 aliphatic heterocycles. The van der Waals surface area contributed by atoms with Gasteiger partial charge in [-0.25, -0.2) is 14.4 Å². The number of piperazine rings is 1. The minimum atomic E-state index is -0.680. The molecule has 0 bridgehead atoms. The molecular formula is C38H43N3O9. The van der Waals surface area contributed by atoms with Crippen LogP contribution in [0.25, 0.3) is 10.9 Å². The average molecular weight is 686 g/mol. The largest absolute Gasteiger partial charge is 0.496 e. The summed E-state index contributed by atoms with van der Waals surface area (Å²) in [6, 6.07) is 17.7. The van der Waals surface area contributed by atoms with E-state index in [9.17, 15) is 19.2 Å². The van der Waals surface area contributed by atoms with Crippen molar-refractivity contribution in [2.75, 3.05) is 33.9 Å². The van der Waals surface area contributed by atoms with Crippen molar-refractivity contribution in [3.8, 4) is 11.5 Å². The van der Waals surface area contributed by atoms with Crippen molar-refractivity contribution in [1.29, 1.82) is 0 Å². The van der Waals surface area contributed by atoms with Crippen LogP contribution in [0.3, 0.4) is 0 Å². The van der Waals surface area contributed by atoms with E-state index in [1.54, 1.807) is 36.4 Å². The van der Waals surface area contributed by atoms with Crippen LogP contribution in [0.1, 0.15) is 66.3 Å². The first-order valence-electron chi connectivity index (χ1n) is 16.3. The molecule has 0 aliphatic carbocycles. The summed E-state index contributed by atoms with van der Waals surface area (Å²) in [6.07, 6.45) is 0.745. The molecule has 0 spiro atoms. The van der Waals surface area contributed by atoms with Gasteiger partial charge in [-0.1, -0.05) is 36.4 Å². The summed E-state index contributed by atoms with van der Waals surface area (Å²) < 4.78 is 29.1. The van der Waals surface area contributed by atoms with Crippen molar-refractivity contribution in [3.63, 3.8) is 0 Å². The van der Waals surface area contributed by atoms with E-state index >= 15 is 0 Å². The number of esters is 2. The molecular weight excluding hydrogens is 642 g/mol. The number of methoxy groups -OCH3 is 2. The smallest absolute Gasteiger partial charge is 0.419 e. The van der Waals surface area contributed by atoms with E-state index in [4.69, 9.17) is 23.7 Å². The van der Waals surface area contributed by atoms with Crippen molar-refractivity contribution < 1.29 is 42.9 Å². The van der Waals surface area contributed by atoms with Crippen LogP contribution in [-0.2, 0) is 32.2 Å². The zero-order valence-corrected chi connectivity index (χ0v) is 29.5. The first-order valence-corrected chi connectivity index (χ1v) is 16.3. The fraction of sp³-hybridized carbons (Fsp3) is 0.368. The second-order valence-electron chi connectivity index (χ2n) is 13.1. The van der Waals surface area contributed by atoms with Gasteiger partial charge in [0, 0.05) is 50.2 Å². The number of nitrogens with zero attached hydrogens (tertiary/aromatic N) is 3. The second kappa shape index (κ2) is 15.0. The maximum absolute atomic E-state index is 13.4. The van der Waals surface area contributed by atoms with E-state index in [1.165, 1.54) is 18.6 Å². The summed E-state index contributed by atoms with van der Waals surface area (Å²) in [5.74, 6) is -0.557. The Morgan fingerprint density at radius 3 is 2.30 bits per heavy atom. The number of hydrogen-bond donors (Lipinski definition) is 0. The SMILES string of the molecule is COC(=O)c1ccc(C2CN(C(=O)OCc3ccccc3)CCN2Cc2c(OC)cc(C)c3c2ccn3C(=O)OC(C)(C)C)cc1OC(C)=O. The monoisotopic (exact) mass is 685 g/mol. The molecule has 1 unspecified atom stereocenters. The molecule has 0 saturated carbocycles. The number of hydrogen-bond acceptors (Lipinski definition) is 10. The number of ether oxygens (including phenoxy) is 5. The van der Waals surface area contributed by atoms with Crippen LogP contribution >= 0.6 is 0 Å². The Balaban J connectivity index is 1.53. The predicted octanol–water partition coefficient (Wildman–Crippen LogP) is 6.65. The van der Waals surface area contributed by atoms with E-state index in [1.807, 2.05) is 70.2 Å². The third kappa shape index (κ3) is 8.08. The third-order valence-corrected chi connectivity index (χ3v) is 8.41. The number of benzene rings is 3. The van der Waals surface area contributed by atoms with Crippen LogP contribution in [0.4, 0.5) is 9.59 Å². The number of carbonyl (C=O) groups is 4. The lowest BCUT2D eigenvalue weighted by molar-refractivity contribution is -0.131. The van der Waals surface area contributed by atoms with Gasteiger partial charge in [0.15, 0.2) is 0 Å². The third-order valence-electron chi connectivity index (χ3n) is 8.41. The molecule has 2 heterocycles. The van der Waals surface area contributed by atoms with Gasteiger partial charge < -0.3 is 28.6 Å². The molecule has 1 aromatic heterocycles. The van der Waals surface area contributed by atoms with E-state index in [0.717, 1.165) is 22.1 Å². The van der Waals surface area contributed by atoms with Gasteiger partial charge in [0.05, 0.1) is 25.8 Å². The van der Waals surface area contributed by atoms with E-state index in [-0.39, 0.29) is 24.5 Å². The van der Waals surface area contributed by atoms with Crippen molar-refractivity contribution >= 4 is 35.0 Å². The number of carbonyl (C=O) groups excluding carboxylic acids is 4. The highest BCUT2D eigenvalue weighted by molar-refractivity contribution is 5.95.